The predicted octanol–water partition coefficient (Wildman–Crippen LogP) is 1.19. The highest BCUT2D eigenvalue weighted by atomic mass is 16.5. The Hall–Kier alpha value is -1.73. The molecule has 1 aromatic heterocycles. The van der Waals surface area contributed by atoms with Gasteiger partial charge in [-0.15, -0.1) is 0 Å². The van der Waals surface area contributed by atoms with Gasteiger partial charge in [0.05, 0.1) is 18.8 Å². The Balaban J connectivity index is 1.28. The SMILES string of the molecule is N[C@H]1CCCN(C(=O)C2CC2)[C@H]1COC1CCN(c2ncccn2)CC1. The van der Waals surface area contributed by atoms with Crippen molar-refractivity contribution in [2.45, 2.75) is 56.7 Å². The molecule has 3 fully saturated rings. The fourth-order valence-electron chi connectivity index (χ4n) is 4.05. The van der Waals surface area contributed by atoms with Crippen LogP contribution >= 0.6 is 0 Å². The van der Waals surface area contributed by atoms with Gasteiger partial charge in [0.2, 0.25) is 11.9 Å². The molecule has 1 amide bonds. The molecule has 0 spiro atoms. The zero-order chi connectivity index (χ0) is 17.9. The maximum Gasteiger partial charge on any atom is 0.226 e. The second-order valence-electron chi connectivity index (χ2n) is 7.75. The van der Waals surface area contributed by atoms with Gasteiger partial charge < -0.3 is 20.3 Å². The molecule has 7 heteroatoms. The van der Waals surface area contributed by atoms with Crippen LogP contribution in [-0.4, -0.2) is 65.2 Å². The smallest absolute Gasteiger partial charge is 0.226 e. The van der Waals surface area contributed by atoms with Gasteiger partial charge in [-0.25, -0.2) is 9.97 Å². The van der Waals surface area contributed by atoms with E-state index >= 15 is 0 Å². The van der Waals surface area contributed by atoms with Gasteiger partial charge in [-0.1, -0.05) is 0 Å². The molecule has 4 rings (SSSR count). The number of nitrogens with two attached hydrogens (primary N) is 1. The van der Waals surface area contributed by atoms with Crippen LogP contribution in [0.15, 0.2) is 18.5 Å². The Morgan fingerprint density at radius 2 is 1.85 bits per heavy atom. The van der Waals surface area contributed by atoms with Crippen LogP contribution in [0.2, 0.25) is 0 Å². The van der Waals surface area contributed by atoms with E-state index in [1.165, 1.54) is 0 Å². The molecule has 0 unspecified atom stereocenters. The van der Waals surface area contributed by atoms with Crippen LogP contribution in [0, 0.1) is 5.92 Å². The largest absolute Gasteiger partial charge is 0.376 e. The molecule has 3 aliphatic rings. The second-order valence-corrected chi connectivity index (χ2v) is 7.75. The summed E-state index contributed by atoms with van der Waals surface area (Å²) in [5.41, 5.74) is 6.34. The summed E-state index contributed by atoms with van der Waals surface area (Å²) in [4.78, 5) is 25.4. The lowest BCUT2D eigenvalue weighted by Gasteiger charge is -2.41. The normalized spacial score (nSPS) is 27.6. The molecule has 7 nitrogen and oxygen atoms in total. The number of amides is 1. The van der Waals surface area contributed by atoms with Gasteiger partial charge in [-0.3, -0.25) is 4.79 Å². The maximum atomic E-state index is 12.6. The number of carbonyl (C=O) groups excluding carboxylic acids is 1. The van der Waals surface area contributed by atoms with Crippen molar-refractivity contribution in [2.24, 2.45) is 11.7 Å². The first-order chi connectivity index (χ1) is 12.7. The molecule has 2 aliphatic heterocycles. The molecular weight excluding hydrogens is 330 g/mol. The standard InChI is InChI=1S/C19H29N5O2/c20-16-3-1-10-24(18(25)14-4-5-14)17(16)13-26-15-6-11-23(12-7-15)19-21-8-2-9-22-19/h2,8-9,14-17H,1,3-7,10-13,20H2/t16-,17-/m0/s1. The predicted molar refractivity (Wildman–Crippen MR) is 98.7 cm³/mol. The second kappa shape index (κ2) is 7.88. The fourth-order valence-corrected chi connectivity index (χ4v) is 4.05. The first kappa shape index (κ1) is 17.7. The third kappa shape index (κ3) is 3.99. The van der Waals surface area contributed by atoms with Gasteiger partial charge >= 0.3 is 0 Å². The van der Waals surface area contributed by atoms with Crippen molar-refractivity contribution in [3.05, 3.63) is 18.5 Å². The quantitative estimate of drug-likeness (QED) is 0.850. The van der Waals surface area contributed by atoms with Gasteiger partial charge in [0.1, 0.15) is 0 Å². The van der Waals surface area contributed by atoms with Crippen molar-refractivity contribution in [1.29, 1.82) is 0 Å². The van der Waals surface area contributed by atoms with Crippen LogP contribution in [-0.2, 0) is 9.53 Å². The van der Waals surface area contributed by atoms with Gasteiger partial charge in [0.15, 0.2) is 0 Å². The van der Waals surface area contributed by atoms with E-state index in [0.717, 1.165) is 64.1 Å². The lowest BCUT2D eigenvalue weighted by atomic mass is 9.96. The lowest BCUT2D eigenvalue weighted by Crippen LogP contribution is -2.57. The number of hydrogen-bond acceptors (Lipinski definition) is 6. The monoisotopic (exact) mass is 359 g/mol. The minimum Gasteiger partial charge on any atom is -0.376 e. The van der Waals surface area contributed by atoms with Crippen molar-refractivity contribution in [2.75, 3.05) is 31.1 Å². The van der Waals surface area contributed by atoms with E-state index in [1.807, 2.05) is 11.0 Å². The summed E-state index contributed by atoms with van der Waals surface area (Å²) in [7, 11) is 0. The highest BCUT2D eigenvalue weighted by Crippen LogP contribution is 2.33. The van der Waals surface area contributed by atoms with Gasteiger partial charge in [-0.2, -0.15) is 0 Å². The highest BCUT2D eigenvalue weighted by molar-refractivity contribution is 5.81. The third-order valence-corrected chi connectivity index (χ3v) is 5.82. The fraction of sp³-hybridized carbons (Fsp3) is 0.737. The summed E-state index contributed by atoms with van der Waals surface area (Å²) in [6, 6.07) is 1.90. The Bertz CT molecular complexity index is 601. The molecular formula is C19H29N5O2. The molecule has 0 bridgehead atoms. The zero-order valence-electron chi connectivity index (χ0n) is 15.3. The van der Waals surface area contributed by atoms with Crippen molar-refractivity contribution in [3.8, 4) is 0 Å². The molecule has 1 aromatic rings. The molecule has 1 aliphatic carbocycles. The number of piperidine rings is 2. The van der Waals surface area contributed by atoms with E-state index < -0.39 is 0 Å². The van der Waals surface area contributed by atoms with E-state index in [-0.39, 0.29) is 24.1 Å². The molecule has 0 radical (unpaired) electrons. The Kier molecular flexibility index (Phi) is 5.36. The van der Waals surface area contributed by atoms with Gasteiger partial charge in [0, 0.05) is 44.0 Å². The van der Waals surface area contributed by atoms with E-state index in [9.17, 15) is 4.79 Å². The number of carbonyl (C=O) groups is 1. The summed E-state index contributed by atoms with van der Waals surface area (Å²) < 4.78 is 6.22. The molecule has 142 valence electrons. The molecule has 1 saturated carbocycles. The summed E-state index contributed by atoms with van der Waals surface area (Å²) in [6.07, 6.45) is 9.76. The summed E-state index contributed by atoms with van der Waals surface area (Å²) in [5.74, 6) is 1.34. The summed E-state index contributed by atoms with van der Waals surface area (Å²) >= 11 is 0. The van der Waals surface area contributed by atoms with Crippen LogP contribution < -0.4 is 10.6 Å². The van der Waals surface area contributed by atoms with E-state index in [4.69, 9.17) is 10.5 Å². The third-order valence-electron chi connectivity index (χ3n) is 5.82. The summed E-state index contributed by atoms with van der Waals surface area (Å²) in [5, 5.41) is 0. The van der Waals surface area contributed by atoms with E-state index in [2.05, 4.69) is 14.9 Å². The molecule has 3 heterocycles. The van der Waals surface area contributed by atoms with E-state index in [1.54, 1.807) is 12.4 Å². The van der Waals surface area contributed by atoms with Gasteiger partial charge in [0.25, 0.3) is 0 Å². The Labute approximate surface area is 154 Å². The average molecular weight is 359 g/mol. The number of likely N-dealkylation sites (tertiary alicyclic amines) is 1. The number of ether oxygens (including phenoxy) is 1. The van der Waals surface area contributed by atoms with Crippen LogP contribution in [0.1, 0.15) is 38.5 Å². The average Bonchev–Trinajstić information content (AvgIpc) is 3.53. The molecule has 2 N–H and O–H groups in total. The molecule has 2 atom stereocenters. The number of anilines is 1. The zero-order valence-corrected chi connectivity index (χ0v) is 15.3. The minimum atomic E-state index is 0.0317. The van der Waals surface area contributed by atoms with Crippen molar-refractivity contribution >= 4 is 11.9 Å². The number of aromatic nitrogens is 2. The van der Waals surface area contributed by atoms with Crippen LogP contribution in [0.25, 0.3) is 0 Å². The Morgan fingerprint density at radius 3 is 2.54 bits per heavy atom. The van der Waals surface area contributed by atoms with Crippen molar-refractivity contribution in [3.63, 3.8) is 0 Å². The van der Waals surface area contributed by atoms with Gasteiger partial charge in [-0.05, 0) is 44.6 Å². The van der Waals surface area contributed by atoms with Crippen molar-refractivity contribution in [1.82, 2.24) is 14.9 Å². The van der Waals surface area contributed by atoms with Crippen LogP contribution in [0.5, 0.6) is 0 Å². The van der Waals surface area contributed by atoms with Crippen LogP contribution in [0.3, 0.4) is 0 Å². The van der Waals surface area contributed by atoms with Crippen LogP contribution in [0.4, 0.5) is 5.95 Å². The Morgan fingerprint density at radius 1 is 1.12 bits per heavy atom. The topological polar surface area (TPSA) is 84.6 Å². The first-order valence-electron chi connectivity index (χ1n) is 9.92. The molecule has 0 aromatic carbocycles. The minimum absolute atomic E-state index is 0.0317. The number of rotatable bonds is 5. The molecule has 26 heavy (non-hydrogen) atoms. The van der Waals surface area contributed by atoms with Crippen molar-refractivity contribution < 1.29 is 9.53 Å². The lowest BCUT2D eigenvalue weighted by molar-refractivity contribution is -0.139. The maximum absolute atomic E-state index is 12.6. The molecule has 2 saturated heterocycles. The summed E-state index contributed by atoms with van der Waals surface area (Å²) in [6.45, 7) is 3.19. The number of hydrogen-bond donors (Lipinski definition) is 1. The first-order valence-corrected chi connectivity index (χ1v) is 9.92. The van der Waals surface area contributed by atoms with E-state index in [0.29, 0.717) is 12.5 Å². The highest BCUT2D eigenvalue weighted by Gasteiger charge is 2.40. The number of nitrogens with zero attached hydrogens (tertiary/aromatic N) is 4.